The maximum absolute atomic E-state index is 12.0. The van der Waals surface area contributed by atoms with Crippen LogP contribution in [0.3, 0.4) is 0 Å². The van der Waals surface area contributed by atoms with Gasteiger partial charge in [0.1, 0.15) is 0 Å². The fraction of sp³-hybridized carbons (Fsp3) is 0.167. The molecule has 0 atom stereocenters. The van der Waals surface area contributed by atoms with Crippen LogP contribution in [0.1, 0.15) is 5.89 Å². The van der Waals surface area contributed by atoms with Gasteiger partial charge in [-0.1, -0.05) is 47.1 Å². The van der Waals surface area contributed by atoms with Gasteiger partial charge in [0.25, 0.3) is 11.1 Å². The number of rotatable bonds is 8. The lowest BCUT2D eigenvalue weighted by Gasteiger charge is -2.07. The molecule has 1 aromatic heterocycles. The predicted octanol–water partition coefficient (Wildman–Crippen LogP) is 4.69. The first-order valence-corrected chi connectivity index (χ1v) is 9.75. The van der Waals surface area contributed by atoms with Gasteiger partial charge < -0.3 is 19.2 Å². The molecule has 1 heterocycles. The van der Waals surface area contributed by atoms with Gasteiger partial charge in [-0.3, -0.25) is 4.79 Å². The number of hydrogen-bond donors (Lipinski definition) is 1. The first-order valence-electron chi connectivity index (χ1n) is 8.01. The number of carbonyl (C=O) groups is 1. The lowest BCUT2D eigenvalue weighted by molar-refractivity contribution is -0.113. The highest BCUT2D eigenvalue weighted by atomic mass is 35.5. The molecule has 7 nitrogen and oxygen atoms in total. The van der Waals surface area contributed by atoms with Crippen molar-refractivity contribution in [2.24, 2.45) is 0 Å². The van der Waals surface area contributed by atoms with E-state index in [0.717, 1.165) is 11.8 Å². The van der Waals surface area contributed by atoms with Gasteiger partial charge in [0.15, 0.2) is 18.1 Å². The van der Waals surface area contributed by atoms with E-state index >= 15 is 0 Å². The molecule has 28 heavy (non-hydrogen) atoms. The Hall–Kier alpha value is -2.42. The Bertz CT molecular complexity index is 968. The number of anilines is 1. The van der Waals surface area contributed by atoms with Crippen LogP contribution in [0.2, 0.25) is 10.0 Å². The molecule has 146 valence electrons. The first kappa shape index (κ1) is 20.3. The van der Waals surface area contributed by atoms with E-state index in [0.29, 0.717) is 33.1 Å². The molecule has 10 heteroatoms. The summed E-state index contributed by atoms with van der Waals surface area (Å²) in [6.07, 6.45) is 0. The van der Waals surface area contributed by atoms with E-state index in [4.69, 9.17) is 37.1 Å². The topological polar surface area (TPSA) is 86.5 Å². The van der Waals surface area contributed by atoms with Crippen molar-refractivity contribution in [2.45, 2.75) is 11.8 Å². The Morgan fingerprint density at radius 1 is 1.14 bits per heavy atom. The molecule has 0 fully saturated rings. The number of amides is 1. The van der Waals surface area contributed by atoms with Gasteiger partial charge in [-0.05, 0) is 30.3 Å². The van der Waals surface area contributed by atoms with Crippen molar-refractivity contribution in [1.29, 1.82) is 0 Å². The van der Waals surface area contributed by atoms with Crippen molar-refractivity contribution in [3.8, 4) is 11.5 Å². The molecule has 0 saturated carbocycles. The highest BCUT2D eigenvalue weighted by Gasteiger charge is 2.12. The highest BCUT2D eigenvalue weighted by Crippen LogP contribution is 2.27. The maximum atomic E-state index is 12.0. The van der Waals surface area contributed by atoms with Crippen LogP contribution < -0.4 is 14.8 Å². The quantitative estimate of drug-likeness (QED) is 0.509. The third-order valence-corrected chi connectivity index (χ3v) is 4.96. The maximum Gasteiger partial charge on any atom is 0.277 e. The van der Waals surface area contributed by atoms with Crippen LogP contribution >= 0.6 is 35.0 Å². The summed E-state index contributed by atoms with van der Waals surface area (Å²) in [6.45, 7) is 0.0867. The molecule has 0 radical (unpaired) electrons. The van der Waals surface area contributed by atoms with E-state index in [2.05, 4.69) is 15.5 Å². The molecule has 0 aliphatic heterocycles. The molecule has 2 aromatic carbocycles. The summed E-state index contributed by atoms with van der Waals surface area (Å²) >= 11 is 12.9. The van der Waals surface area contributed by atoms with Crippen molar-refractivity contribution in [3.63, 3.8) is 0 Å². The molecule has 3 rings (SSSR count). The smallest absolute Gasteiger partial charge is 0.277 e. The Kier molecular flexibility index (Phi) is 7.02. The number of carbonyl (C=O) groups excluding carboxylic acids is 1. The summed E-state index contributed by atoms with van der Waals surface area (Å²) < 4.78 is 16.3. The molecule has 1 N–H and O–H groups in total. The Morgan fingerprint density at radius 3 is 2.68 bits per heavy atom. The molecule has 0 aliphatic rings. The number of methoxy groups -OCH3 is 1. The highest BCUT2D eigenvalue weighted by molar-refractivity contribution is 7.99. The Balaban J connectivity index is 1.49. The Morgan fingerprint density at radius 2 is 1.93 bits per heavy atom. The van der Waals surface area contributed by atoms with Gasteiger partial charge >= 0.3 is 0 Å². The monoisotopic (exact) mass is 439 g/mol. The number of para-hydroxylation sites is 2. The molecule has 1 amide bonds. The SMILES string of the molecule is COc1ccccc1OCc1nnc(SCC(=O)Nc2ccc(Cl)c(Cl)c2)o1. The van der Waals surface area contributed by atoms with E-state index in [1.807, 2.05) is 12.1 Å². The standard InChI is InChI=1S/C18H15Cl2N3O4S/c1-25-14-4-2-3-5-15(14)26-9-17-22-23-18(27-17)28-10-16(24)21-11-6-7-12(19)13(20)8-11/h2-8H,9-10H2,1H3,(H,21,24). The molecule has 0 unspecified atom stereocenters. The van der Waals surface area contributed by atoms with E-state index in [1.54, 1.807) is 37.4 Å². The molecule has 0 saturated heterocycles. The van der Waals surface area contributed by atoms with Crippen LogP contribution in [-0.2, 0) is 11.4 Å². The third kappa shape index (κ3) is 5.54. The number of nitrogens with one attached hydrogen (secondary N) is 1. The summed E-state index contributed by atoms with van der Waals surface area (Å²) in [5, 5.41) is 11.6. The number of halogens is 2. The van der Waals surface area contributed by atoms with Crippen LogP contribution in [-0.4, -0.2) is 29.0 Å². The summed E-state index contributed by atoms with van der Waals surface area (Å²) in [5.41, 5.74) is 0.552. The molecule has 3 aromatic rings. The average Bonchev–Trinajstić information content (AvgIpc) is 3.16. The minimum absolute atomic E-state index is 0.0867. The zero-order valence-electron chi connectivity index (χ0n) is 14.6. The molecule has 0 aliphatic carbocycles. The summed E-state index contributed by atoms with van der Waals surface area (Å²) in [5.74, 6) is 1.32. The number of hydrogen-bond acceptors (Lipinski definition) is 7. The first-order chi connectivity index (χ1) is 13.5. The number of ether oxygens (including phenoxy) is 2. The lowest BCUT2D eigenvalue weighted by atomic mass is 10.3. The number of thioether (sulfide) groups is 1. The largest absolute Gasteiger partial charge is 0.493 e. The van der Waals surface area contributed by atoms with Gasteiger partial charge in [-0.25, -0.2) is 0 Å². The Labute approximate surface area is 175 Å². The lowest BCUT2D eigenvalue weighted by Crippen LogP contribution is -2.13. The van der Waals surface area contributed by atoms with E-state index in [-0.39, 0.29) is 23.5 Å². The van der Waals surface area contributed by atoms with Crippen molar-refractivity contribution < 1.29 is 18.7 Å². The zero-order valence-corrected chi connectivity index (χ0v) is 17.0. The number of aromatic nitrogens is 2. The van der Waals surface area contributed by atoms with Crippen LogP contribution in [0, 0.1) is 0 Å². The van der Waals surface area contributed by atoms with Crippen LogP contribution in [0.5, 0.6) is 11.5 Å². The predicted molar refractivity (Wildman–Crippen MR) is 107 cm³/mol. The summed E-state index contributed by atoms with van der Waals surface area (Å²) in [4.78, 5) is 12.0. The van der Waals surface area contributed by atoms with Gasteiger partial charge in [-0.2, -0.15) is 0 Å². The van der Waals surface area contributed by atoms with Crippen LogP contribution in [0.4, 0.5) is 5.69 Å². The van der Waals surface area contributed by atoms with Gasteiger partial charge in [0, 0.05) is 5.69 Å². The number of benzene rings is 2. The normalized spacial score (nSPS) is 10.5. The minimum Gasteiger partial charge on any atom is -0.493 e. The van der Waals surface area contributed by atoms with Crippen molar-refractivity contribution >= 4 is 46.6 Å². The molecular weight excluding hydrogens is 425 g/mol. The van der Waals surface area contributed by atoms with E-state index < -0.39 is 0 Å². The fourth-order valence-corrected chi connectivity index (χ4v) is 3.01. The van der Waals surface area contributed by atoms with Crippen molar-refractivity contribution in [1.82, 2.24) is 10.2 Å². The van der Waals surface area contributed by atoms with E-state index in [1.165, 1.54) is 0 Å². The minimum atomic E-state index is -0.242. The zero-order chi connectivity index (χ0) is 19.9. The number of nitrogens with zero attached hydrogens (tertiary/aromatic N) is 2. The second kappa shape index (κ2) is 9.68. The molecular formula is C18H15Cl2N3O4S. The van der Waals surface area contributed by atoms with E-state index in [9.17, 15) is 4.79 Å². The summed E-state index contributed by atoms with van der Waals surface area (Å²) in [7, 11) is 1.56. The van der Waals surface area contributed by atoms with Gasteiger partial charge in [-0.15, -0.1) is 10.2 Å². The van der Waals surface area contributed by atoms with Crippen LogP contribution in [0.15, 0.2) is 52.1 Å². The van der Waals surface area contributed by atoms with Crippen molar-refractivity contribution in [3.05, 3.63) is 58.4 Å². The van der Waals surface area contributed by atoms with Gasteiger partial charge in [0.05, 0.1) is 22.9 Å². The van der Waals surface area contributed by atoms with Crippen molar-refractivity contribution in [2.75, 3.05) is 18.2 Å². The third-order valence-electron chi connectivity index (χ3n) is 3.40. The molecule has 0 spiro atoms. The molecule has 0 bridgehead atoms. The van der Waals surface area contributed by atoms with Crippen LogP contribution in [0.25, 0.3) is 0 Å². The fourth-order valence-electron chi connectivity index (χ4n) is 2.13. The average molecular weight is 440 g/mol. The second-order valence-corrected chi connectivity index (χ2v) is 7.11. The second-order valence-electron chi connectivity index (χ2n) is 5.37. The van der Waals surface area contributed by atoms with Gasteiger partial charge in [0.2, 0.25) is 5.91 Å². The summed E-state index contributed by atoms with van der Waals surface area (Å²) in [6, 6.07) is 12.1.